The fraction of sp³-hybridized carbons (Fsp3) is 0. The molecule has 2 heteroatoms. The minimum atomic E-state index is 1.26. The highest BCUT2D eigenvalue weighted by atomic mass is 32.1. The van der Waals surface area contributed by atoms with E-state index in [0.717, 1.165) is 0 Å². The Hall–Kier alpha value is -5.02. The highest BCUT2D eigenvalue weighted by Crippen LogP contribution is 2.52. The van der Waals surface area contributed by atoms with Gasteiger partial charge in [0.1, 0.15) is 0 Å². The fourth-order valence-corrected chi connectivity index (χ4v) is 9.87. The molecule has 0 spiro atoms. The lowest BCUT2D eigenvalue weighted by Crippen LogP contribution is -1.91. The SMILES string of the molecule is c1ccc2cc(-c3c4ccccc4c(-c4cc5c6ccccc6sc5c5c4sc4ccccc45)c4ccccc34)ccc2c1. The summed E-state index contributed by atoms with van der Waals surface area (Å²) in [4.78, 5) is 0. The van der Waals surface area contributed by atoms with Crippen LogP contribution in [-0.4, -0.2) is 0 Å². The maximum absolute atomic E-state index is 2.50. The largest absolute Gasteiger partial charge is 0.134 e. The Balaban J connectivity index is 1.41. The number of hydrogen-bond donors (Lipinski definition) is 0. The van der Waals surface area contributed by atoms with Gasteiger partial charge in [-0.05, 0) is 73.3 Å². The van der Waals surface area contributed by atoms with Gasteiger partial charge in [-0.25, -0.2) is 0 Å². The molecule has 204 valence electrons. The molecule has 0 saturated heterocycles. The van der Waals surface area contributed by atoms with Crippen LogP contribution in [0.15, 0.2) is 146 Å². The van der Waals surface area contributed by atoms with Gasteiger partial charge < -0.3 is 0 Å². The molecule has 0 aliphatic carbocycles. The fourth-order valence-electron chi connectivity index (χ4n) is 7.32. The van der Waals surface area contributed by atoms with Crippen molar-refractivity contribution in [1.82, 2.24) is 0 Å². The molecule has 0 saturated carbocycles. The van der Waals surface area contributed by atoms with Crippen LogP contribution in [0.1, 0.15) is 0 Å². The first-order valence-electron chi connectivity index (χ1n) is 15.0. The van der Waals surface area contributed by atoms with Gasteiger partial charge in [-0.3, -0.25) is 0 Å². The van der Waals surface area contributed by atoms with Gasteiger partial charge in [0.15, 0.2) is 0 Å². The van der Waals surface area contributed by atoms with Crippen molar-refractivity contribution < 1.29 is 0 Å². The van der Waals surface area contributed by atoms with Crippen LogP contribution in [-0.2, 0) is 0 Å². The van der Waals surface area contributed by atoms with Gasteiger partial charge in [0.05, 0.1) is 0 Å². The lowest BCUT2D eigenvalue weighted by molar-refractivity contribution is 1.69. The van der Waals surface area contributed by atoms with Crippen molar-refractivity contribution in [3.8, 4) is 22.3 Å². The van der Waals surface area contributed by atoms with Crippen molar-refractivity contribution in [3.63, 3.8) is 0 Å². The van der Waals surface area contributed by atoms with Crippen molar-refractivity contribution in [2.24, 2.45) is 0 Å². The lowest BCUT2D eigenvalue weighted by Gasteiger charge is -2.18. The van der Waals surface area contributed by atoms with E-state index in [4.69, 9.17) is 0 Å². The number of hydrogen-bond acceptors (Lipinski definition) is 2. The molecule has 0 aliphatic heterocycles. The van der Waals surface area contributed by atoms with Gasteiger partial charge in [-0.2, -0.15) is 0 Å². The third kappa shape index (κ3) is 3.38. The Kier molecular flexibility index (Phi) is 5.13. The summed E-state index contributed by atoms with van der Waals surface area (Å²) in [6.07, 6.45) is 0. The topological polar surface area (TPSA) is 0 Å². The molecule has 2 heterocycles. The van der Waals surface area contributed by atoms with Gasteiger partial charge in [0.2, 0.25) is 0 Å². The Morgan fingerprint density at radius 3 is 1.57 bits per heavy atom. The van der Waals surface area contributed by atoms with Crippen LogP contribution >= 0.6 is 22.7 Å². The van der Waals surface area contributed by atoms with E-state index in [0.29, 0.717) is 0 Å². The first-order chi connectivity index (χ1) is 21.8. The molecule has 10 rings (SSSR count). The summed E-state index contributed by atoms with van der Waals surface area (Å²) in [7, 11) is 0. The van der Waals surface area contributed by atoms with Crippen LogP contribution < -0.4 is 0 Å². The highest BCUT2D eigenvalue weighted by molar-refractivity contribution is 7.30. The molecule has 2 aromatic heterocycles. The summed E-state index contributed by atoms with van der Waals surface area (Å²) < 4.78 is 5.45. The van der Waals surface area contributed by atoms with Crippen molar-refractivity contribution in [2.45, 2.75) is 0 Å². The van der Waals surface area contributed by atoms with Crippen LogP contribution in [0.5, 0.6) is 0 Å². The third-order valence-electron chi connectivity index (χ3n) is 9.23. The Morgan fingerprint density at radius 2 is 0.864 bits per heavy atom. The van der Waals surface area contributed by atoms with Crippen LogP contribution in [0.4, 0.5) is 0 Å². The molecule has 0 fully saturated rings. The number of fused-ring (bicyclic) bond motifs is 10. The van der Waals surface area contributed by atoms with Crippen molar-refractivity contribution in [2.75, 3.05) is 0 Å². The predicted molar refractivity (Wildman–Crippen MR) is 196 cm³/mol. The van der Waals surface area contributed by atoms with Gasteiger partial charge in [-0.15, -0.1) is 22.7 Å². The lowest BCUT2D eigenvalue weighted by atomic mass is 9.85. The molecule has 0 atom stereocenters. The maximum Gasteiger partial charge on any atom is 0.0449 e. The van der Waals surface area contributed by atoms with E-state index >= 15 is 0 Å². The molecule has 0 unspecified atom stereocenters. The zero-order valence-electron chi connectivity index (χ0n) is 23.7. The van der Waals surface area contributed by atoms with Crippen LogP contribution in [0.3, 0.4) is 0 Å². The summed E-state index contributed by atoms with van der Waals surface area (Å²) in [6.45, 7) is 0. The molecular weight excluding hydrogens is 569 g/mol. The highest BCUT2D eigenvalue weighted by Gasteiger charge is 2.22. The molecule has 8 aromatic carbocycles. The smallest absolute Gasteiger partial charge is 0.0449 e. The van der Waals surface area contributed by atoms with E-state index in [1.165, 1.54) is 94.9 Å². The molecule has 0 bridgehead atoms. The second-order valence-electron chi connectivity index (χ2n) is 11.6. The summed E-state index contributed by atoms with van der Waals surface area (Å²) in [5.74, 6) is 0. The van der Waals surface area contributed by atoms with E-state index in [1.807, 2.05) is 22.7 Å². The summed E-state index contributed by atoms with van der Waals surface area (Å²) in [5, 5.41) is 13.2. The quantitative estimate of drug-likeness (QED) is 0.175. The molecule has 0 nitrogen and oxygen atoms in total. The van der Waals surface area contributed by atoms with Crippen molar-refractivity contribution >= 4 is 95.3 Å². The maximum atomic E-state index is 2.50. The number of benzene rings is 8. The zero-order chi connectivity index (χ0) is 28.8. The normalized spacial score (nSPS) is 12.1. The average Bonchev–Trinajstić information content (AvgIpc) is 3.65. The van der Waals surface area contributed by atoms with E-state index < -0.39 is 0 Å². The van der Waals surface area contributed by atoms with Gasteiger partial charge in [0, 0.05) is 45.9 Å². The van der Waals surface area contributed by atoms with E-state index in [9.17, 15) is 0 Å². The monoisotopic (exact) mass is 592 g/mol. The Morgan fingerprint density at radius 1 is 0.341 bits per heavy atom. The number of thiophene rings is 2. The van der Waals surface area contributed by atoms with E-state index in [2.05, 4.69) is 146 Å². The zero-order valence-corrected chi connectivity index (χ0v) is 25.3. The summed E-state index contributed by atoms with van der Waals surface area (Å²) >= 11 is 3.86. The minimum Gasteiger partial charge on any atom is -0.134 e. The molecule has 0 radical (unpaired) electrons. The second-order valence-corrected chi connectivity index (χ2v) is 13.7. The van der Waals surface area contributed by atoms with E-state index in [1.54, 1.807) is 0 Å². The van der Waals surface area contributed by atoms with E-state index in [-0.39, 0.29) is 0 Å². The molecule has 10 aromatic rings. The standard InChI is InChI=1S/C42H24S2/c1-2-12-26-23-27(22-21-25(26)11-1)38-29-14-3-5-16-31(29)39(32-17-6-4-15-30(32)38)35-24-34-28-13-7-9-19-36(28)43-41(34)40-33-18-8-10-20-37(33)44-42(35)40/h1-24H. The van der Waals surface area contributed by atoms with Gasteiger partial charge in [0.25, 0.3) is 0 Å². The summed E-state index contributed by atoms with van der Waals surface area (Å²) in [6, 6.07) is 54.0. The van der Waals surface area contributed by atoms with Crippen molar-refractivity contribution in [1.29, 1.82) is 0 Å². The molecule has 44 heavy (non-hydrogen) atoms. The molecule has 0 N–H and O–H groups in total. The average molecular weight is 593 g/mol. The predicted octanol–water partition coefficient (Wildman–Crippen LogP) is 13.2. The Bertz CT molecular complexity index is 2720. The van der Waals surface area contributed by atoms with Gasteiger partial charge in [-0.1, -0.05) is 121 Å². The third-order valence-corrected chi connectivity index (χ3v) is 11.6. The van der Waals surface area contributed by atoms with Crippen LogP contribution in [0, 0.1) is 0 Å². The first kappa shape index (κ1) is 24.4. The molecular formula is C42H24S2. The Labute approximate surface area is 262 Å². The number of rotatable bonds is 2. The first-order valence-corrected chi connectivity index (χ1v) is 16.7. The molecule has 0 amide bonds. The molecule has 0 aliphatic rings. The van der Waals surface area contributed by atoms with Gasteiger partial charge >= 0.3 is 0 Å². The summed E-state index contributed by atoms with van der Waals surface area (Å²) in [5.41, 5.74) is 5.22. The minimum absolute atomic E-state index is 1.26. The van der Waals surface area contributed by atoms with Crippen LogP contribution in [0.25, 0.3) is 94.9 Å². The van der Waals surface area contributed by atoms with Crippen LogP contribution in [0.2, 0.25) is 0 Å². The van der Waals surface area contributed by atoms with Crippen molar-refractivity contribution in [3.05, 3.63) is 146 Å². The second kappa shape index (κ2) is 9.24.